The fourth-order valence-electron chi connectivity index (χ4n) is 2.27. The molecule has 0 amide bonds. The lowest BCUT2D eigenvalue weighted by molar-refractivity contribution is 0.521. The van der Waals surface area contributed by atoms with Gasteiger partial charge in [-0.05, 0) is 18.2 Å². The Morgan fingerprint density at radius 3 is 2.80 bits per heavy atom. The molecule has 0 radical (unpaired) electrons. The van der Waals surface area contributed by atoms with Crippen molar-refractivity contribution in [2.75, 3.05) is 18.0 Å². The van der Waals surface area contributed by atoms with Gasteiger partial charge < -0.3 is 15.2 Å². The molecule has 1 aromatic heterocycles. The summed E-state index contributed by atoms with van der Waals surface area (Å²) in [7, 11) is 2.08. The monoisotopic (exact) mass is 201 g/mol. The Kier molecular flexibility index (Phi) is 1.76. The first-order chi connectivity index (χ1) is 7.25. The number of aromatic nitrogens is 1. The number of anilines is 1. The zero-order valence-corrected chi connectivity index (χ0v) is 8.85. The van der Waals surface area contributed by atoms with Crippen LogP contribution in [0.4, 0.5) is 5.69 Å². The maximum atomic E-state index is 5.81. The summed E-state index contributed by atoms with van der Waals surface area (Å²) in [6.45, 7) is 1.96. The topological polar surface area (TPSA) is 34.2 Å². The quantitative estimate of drug-likeness (QED) is 0.755. The number of benzene rings is 1. The normalized spacial score (nSPS) is 17.1. The Morgan fingerprint density at radius 2 is 2.07 bits per heavy atom. The van der Waals surface area contributed by atoms with Gasteiger partial charge in [-0.2, -0.15) is 0 Å². The Morgan fingerprint density at radius 1 is 1.27 bits per heavy atom. The Labute approximate surface area is 89.1 Å². The van der Waals surface area contributed by atoms with E-state index in [1.165, 1.54) is 16.6 Å². The van der Waals surface area contributed by atoms with E-state index in [1.54, 1.807) is 0 Å². The molecule has 1 aliphatic rings. The van der Waals surface area contributed by atoms with E-state index >= 15 is 0 Å². The molecule has 0 aliphatic carbocycles. The van der Waals surface area contributed by atoms with Gasteiger partial charge >= 0.3 is 0 Å². The van der Waals surface area contributed by atoms with Crippen LogP contribution in [-0.4, -0.2) is 23.7 Å². The van der Waals surface area contributed by atoms with E-state index < -0.39 is 0 Å². The van der Waals surface area contributed by atoms with Crippen molar-refractivity contribution in [1.82, 2.24) is 4.57 Å². The molecule has 78 valence electrons. The number of fused-ring (bicyclic) bond motifs is 1. The summed E-state index contributed by atoms with van der Waals surface area (Å²) in [6, 6.07) is 8.96. The minimum absolute atomic E-state index is 0.351. The fourth-order valence-corrected chi connectivity index (χ4v) is 2.27. The lowest BCUT2D eigenvalue weighted by Crippen LogP contribution is -2.55. The first-order valence-electron chi connectivity index (χ1n) is 5.30. The summed E-state index contributed by atoms with van der Waals surface area (Å²) < 4.78 is 2.15. The highest BCUT2D eigenvalue weighted by atomic mass is 15.2. The molecule has 1 aromatic carbocycles. The van der Waals surface area contributed by atoms with Crippen LogP contribution in [0.1, 0.15) is 0 Å². The van der Waals surface area contributed by atoms with Crippen LogP contribution >= 0.6 is 0 Å². The Bertz CT molecular complexity index is 495. The zero-order chi connectivity index (χ0) is 10.4. The van der Waals surface area contributed by atoms with Crippen molar-refractivity contribution in [2.24, 2.45) is 12.8 Å². The molecule has 1 aliphatic heterocycles. The van der Waals surface area contributed by atoms with Crippen LogP contribution in [0.5, 0.6) is 0 Å². The highest BCUT2D eigenvalue weighted by Crippen LogP contribution is 2.29. The molecule has 2 heterocycles. The summed E-state index contributed by atoms with van der Waals surface area (Å²) in [4.78, 5) is 2.34. The van der Waals surface area contributed by atoms with Gasteiger partial charge in [0.2, 0.25) is 0 Å². The first-order valence-corrected chi connectivity index (χ1v) is 5.30. The van der Waals surface area contributed by atoms with Gasteiger partial charge in [-0.25, -0.2) is 0 Å². The number of hydrogen-bond acceptors (Lipinski definition) is 2. The Balaban J connectivity index is 2.10. The van der Waals surface area contributed by atoms with Crippen LogP contribution in [-0.2, 0) is 7.05 Å². The lowest BCUT2D eigenvalue weighted by Gasteiger charge is -2.39. The second-order valence-corrected chi connectivity index (χ2v) is 4.30. The van der Waals surface area contributed by atoms with Gasteiger partial charge in [0.1, 0.15) is 0 Å². The van der Waals surface area contributed by atoms with Crippen molar-refractivity contribution >= 4 is 16.6 Å². The van der Waals surface area contributed by atoms with E-state index in [1.807, 2.05) is 0 Å². The summed E-state index contributed by atoms with van der Waals surface area (Å²) >= 11 is 0. The van der Waals surface area contributed by atoms with E-state index in [0.29, 0.717) is 6.04 Å². The first kappa shape index (κ1) is 8.80. The molecule has 3 heteroatoms. The molecule has 0 spiro atoms. The third kappa shape index (κ3) is 1.23. The molecule has 2 N–H and O–H groups in total. The molecule has 3 rings (SSSR count). The second kappa shape index (κ2) is 3.00. The number of aryl methyl sites for hydroxylation is 1. The average Bonchev–Trinajstić information content (AvgIpc) is 2.56. The van der Waals surface area contributed by atoms with Crippen molar-refractivity contribution in [1.29, 1.82) is 0 Å². The molecule has 0 unspecified atom stereocenters. The Hall–Kier alpha value is -1.48. The van der Waals surface area contributed by atoms with Crippen LogP contribution in [0.3, 0.4) is 0 Å². The summed E-state index contributed by atoms with van der Waals surface area (Å²) in [5.74, 6) is 0. The van der Waals surface area contributed by atoms with Crippen LogP contribution in [0.25, 0.3) is 10.9 Å². The predicted octanol–water partition coefficient (Wildman–Crippen LogP) is 1.33. The van der Waals surface area contributed by atoms with Crippen LogP contribution in [0, 0.1) is 0 Å². The maximum absolute atomic E-state index is 5.81. The van der Waals surface area contributed by atoms with E-state index in [2.05, 4.69) is 47.0 Å². The summed E-state index contributed by atoms with van der Waals surface area (Å²) in [5, 5.41) is 1.33. The van der Waals surface area contributed by atoms with Crippen LogP contribution < -0.4 is 10.6 Å². The van der Waals surface area contributed by atoms with Crippen molar-refractivity contribution in [3.8, 4) is 0 Å². The molecule has 2 aromatic rings. The van der Waals surface area contributed by atoms with Gasteiger partial charge in [-0.3, -0.25) is 0 Å². The summed E-state index contributed by atoms with van der Waals surface area (Å²) in [6.07, 6.45) is 2.11. The smallest absolute Gasteiger partial charge is 0.0498 e. The number of nitrogens with zero attached hydrogens (tertiary/aromatic N) is 2. The van der Waals surface area contributed by atoms with E-state index in [9.17, 15) is 0 Å². The maximum Gasteiger partial charge on any atom is 0.0498 e. The minimum Gasteiger partial charge on any atom is -0.368 e. The molecular formula is C12H15N3. The minimum atomic E-state index is 0.351. The fraction of sp³-hybridized carbons (Fsp3) is 0.333. The highest BCUT2D eigenvalue weighted by molar-refractivity contribution is 5.93. The van der Waals surface area contributed by atoms with Gasteiger partial charge in [0.15, 0.2) is 0 Å². The summed E-state index contributed by atoms with van der Waals surface area (Å²) in [5.41, 5.74) is 8.41. The van der Waals surface area contributed by atoms with Crippen molar-refractivity contribution in [3.05, 3.63) is 30.5 Å². The second-order valence-electron chi connectivity index (χ2n) is 4.30. The lowest BCUT2D eigenvalue weighted by atomic mass is 10.1. The van der Waals surface area contributed by atoms with Gasteiger partial charge in [0.25, 0.3) is 0 Å². The van der Waals surface area contributed by atoms with Gasteiger partial charge in [-0.15, -0.1) is 0 Å². The van der Waals surface area contributed by atoms with Gasteiger partial charge in [-0.1, -0.05) is 6.07 Å². The molecular weight excluding hydrogens is 186 g/mol. The van der Waals surface area contributed by atoms with Crippen molar-refractivity contribution < 1.29 is 0 Å². The predicted molar refractivity (Wildman–Crippen MR) is 63.1 cm³/mol. The van der Waals surface area contributed by atoms with Gasteiger partial charge in [0.05, 0.1) is 0 Å². The molecule has 0 bridgehead atoms. The standard InChI is InChI=1S/C12H15N3/c1-14-6-5-10-11(14)3-2-4-12(10)15-7-9(13)8-15/h2-6,9H,7-8,13H2,1H3. The zero-order valence-electron chi connectivity index (χ0n) is 8.85. The molecule has 15 heavy (non-hydrogen) atoms. The molecule has 0 atom stereocenters. The van der Waals surface area contributed by atoms with Crippen LogP contribution in [0.2, 0.25) is 0 Å². The SMILES string of the molecule is Cn1ccc2c(N3CC(N)C3)cccc21. The molecule has 0 saturated carbocycles. The van der Waals surface area contributed by atoms with E-state index in [0.717, 1.165) is 13.1 Å². The van der Waals surface area contributed by atoms with E-state index in [4.69, 9.17) is 5.73 Å². The van der Waals surface area contributed by atoms with Crippen molar-refractivity contribution in [3.63, 3.8) is 0 Å². The average molecular weight is 201 g/mol. The largest absolute Gasteiger partial charge is 0.368 e. The highest BCUT2D eigenvalue weighted by Gasteiger charge is 2.24. The molecule has 1 fully saturated rings. The van der Waals surface area contributed by atoms with Gasteiger partial charge in [0, 0.05) is 49.0 Å². The third-order valence-corrected chi connectivity index (χ3v) is 3.16. The number of rotatable bonds is 1. The number of nitrogens with two attached hydrogens (primary N) is 1. The molecule has 1 saturated heterocycles. The van der Waals surface area contributed by atoms with E-state index in [-0.39, 0.29) is 0 Å². The number of hydrogen-bond donors (Lipinski definition) is 1. The van der Waals surface area contributed by atoms with Crippen LogP contribution in [0.15, 0.2) is 30.5 Å². The third-order valence-electron chi connectivity index (χ3n) is 3.16. The van der Waals surface area contributed by atoms with Crippen molar-refractivity contribution in [2.45, 2.75) is 6.04 Å². The molecule has 3 nitrogen and oxygen atoms in total.